The number of ether oxygens (including phenoxy) is 3. The molecule has 18 heavy (non-hydrogen) atoms. The molecule has 1 aliphatic heterocycles. The molecule has 4 nitrogen and oxygen atoms in total. The highest BCUT2D eigenvalue weighted by molar-refractivity contribution is 5.76. The minimum absolute atomic E-state index is 0.000124. The maximum Gasteiger partial charge on any atom is 0.309 e. The van der Waals surface area contributed by atoms with E-state index in [1.807, 2.05) is 6.92 Å². The average molecular weight is 254 g/mol. The largest absolute Gasteiger partial charge is 0.466 e. The van der Waals surface area contributed by atoms with Crippen LogP contribution in [0.15, 0.2) is 0 Å². The van der Waals surface area contributed by atoms with Gasteiger partial charge in [-0.1, -0.05) is 0 Å². The van der Waals surface area contributed by atoms with Gasteiger partial charge in [0.05, 0.1) is 18.6 Å². The van der Waals surface area contributed by atoms with E-state index in [2.05, 4.69) is 0 Å². The number of carbonyl (C=O) groups excluding carboxylic acids is 1. The summed E-state index contributed by atoms with van der Waals surface area (Å²) in [6.07, 6.45) is 5.70. The van der Waals surface area contributed by atoms with Crippen molar-refractivity contribution in [3.8, 4) is 0 Å². The summed E-state index contributed by atoms with van der Waals surface area (Å²) in [5.41, 5.74) is 0. The predicted octanol–water partition coefficient (Wildman–Crippen LogP) is 2.12. The monoisotopic (exact) mass is 254 g/mol. The summed E-state index contributed by atoms with van der Waals surface area (Å²) in [6, 6.07) is 0. The molecule has 0 aromatic carbocycles. The number of hydrogen-bond donors (Lipinski definition) is 0. The first kappa shape index (κ1) is 12.4. The van der Waals surface area contributed by atoms with E-state index in [1.165, 1.54) is 6.42 Å². The predicted molar refractivity (Wildman–Crippen MR) is 64.8 cm³/mol. The summed E-state index contributed by atoms with van der Waals surface area (Å²) in [7, 11) is 0. The van der Waals surface area contributed by atoms with Crippen molar-refractivity contribution < 1.29 is 19.0 Å². The highest BCUT2D eigenvalue weighted by atomic mass is 16.7. The molecule has 4 heteroatoms. The lowest BCUT2D eigenvalue weighted by Gasteiger charge is -2.26. The zero-order valence-corrected chi connectivity index (χ0v) is 11.0. The molecule has 3 aliphatic rings. The van der Waals surface area contributed by atoms with Crippen molar-refractivity contribution in [1.29, 1.82) is 0 Å². The van der Waals surface area contributed by atoms with Crippen LogP contribution in [-0.4, -0.2) is 31.6 Å². The van der Waals surface area contributed by atoms with Gasteiger partial charge in [0.1, 0.15) is 0 Å². The van der Waals surface area contributed by atoms with Gasteiger partial charge in [0, 0.05) is 6.61 Å². The summed E-state index contributed by atoms with van der Waals surface area (Å²) in [6.45, 7) is 3.18. The van der Waals surface area contributed by atoms with E-state index in [0.29, 0.717) is 24.5 Å². The fourth-order valence-electron chi connectivity index (χ4n) is 3.52. The Morgan fingerprint density at radius 2 is 2.06 bits per heavy atom. The van der Waals surface area contributed by atoms with Crippen LogP contribution in [0.25, 0.3) is 0 Å². The van der Waals surface area contributed by atoms with Crippen LogP contribution in [0, 0.1) is 17.8 Å². The molecule has 0 spiro atoms. The first-order valence-corrected chi connectivity index (χ1v) is 7.23. The maximum atomic E-state index is 11.6. The zero-order valence-electron chi connectivity index (χ0n) is 11.0. The van der Waals surface area contributed by atoms with Gasteiger partial charge in [0.25, 0.3) is 0 Å². The Morgan fingerprint density at radius 3 is 2.67 bits per heavy atom. The standard InChI is InChI=1S/C14H22O4/c1-2-16-14(15)13-10-7-9(8-11(10)13)18-12-5-3-4-6-17-12/h9-13H,2-8H2,1H3. The van der Waals surface area contributed by atoms with Crippen molar-refractivity contribution in [1.82, 2.24) is 0 Å². The Hall–Kier alpha value is -0.610. The van der Waals surface area contributed by atoms with Crippen LogP contribution in [0.4, 0.5) is 0 Å². The van der Waals surface area contributed by atoms with Crippen molar-refractivity contribution in [2.45, 2.75) is 51.4 Å². The first-order valence-electron chi connectivity index (χ1n) is 7.23. The lowest BCUT2D eigenvalue weighted by atomic mass is 10.1. The number of rotatable bonds is 4. The van der Waals surface area contributed by atoms with Gasteiger partial charge < -0.3 is 14.2 Å². The molecule has 1 saturated heterocycles. The summed E-state index contributed by atoms with van der Waals surface area (Å²) in [5.74, 6) is 1.19. The molecule has 3 atom stereocenters. The molecule has 3 unspecified atom stereocenters. The summed E-state index contributed by atoms with van der Waals surface area (Å²) in [4.78, 5) is 11.6. The number of hydrogen-bond acceptors (Lipinski definition) is 4. The van der Waals surface area contributed by atoms with E-state index < -0.39 is 0 Å². The molecule has 0 aromatic rings. The second-order valence-corrected chi connectivity index (χ2v) is 5.63. The van der Waals surface area contributed by atoms with E-state index >= 15 is 0 Å². The Labute approximate surface area is 108 Å². The molecule has 1 heterocycles. The van der Waals surface area contributed by atoms with Gasteiger partial charge in [-0.3, -0.25) is 4.79 Å². The zero-order chi connectivity index (χ0) is 12.5. The lowest BCUT2D eigenvalue weighted by Crippen LogP contribution is -2.28. The van der Waals surface area contributed by atoms with Gasteiger partial charge in [-0.25, -0.2) is 0 Å². The van der Waals surface area contributed by atoms with Crippen LogP contribution in [-0.2, 0) is 19.0 Å². The van der Waals surface area contributed by atoms with Crippen molar-refractivity contribution in [3.63, 3.8) is 0 Å². The van der Waals surface area contributed by atoms with Gasteiger partial charge >= 0.3 is 5.97 Å². The molecular formula is C14H22O4. The van der Waals surface area contributed by atoms with Crippen molar-refractivity contribution in [2.24, 2.45) is 17.8 Å². The fourth-order valence-corrected chi connectivity index (χ4v) is 3.52. The molecule has 102 valence electrons. The third kappa shape index (κ3) is 2.41. The maximum absolute atomic E-state index is 11.6. The third-order valence-corrected chi connectivity index (χ3v) is 4.44. The van der Waals surface area contributed by atoms with Crippen LogP contribution in [0.3, 0.4) is 0 Å². The molecule has 3 rings (SSSR count). The molecule has 0 N–H and O–H groups in total. The van der Waals surface area contributed by atoms with E-state index in [9.17, 15) is 4.79 Å². The number of carbonyl (C=O) groups is 1. The first-order chi connectivity index (χ1) is 8.79. The number of esters is 1. The SMILES string of the molecule is CCOC(=O)C1C2CC(OC3CCCCO3)CC21. The van der Waals surface area contributed by atoms with Crippen molar-refractivity contribution >= 4 is 5.97 Å². The Bertz CT molecular complexity index is 299. The van der Waals surface area contributed by atoms with Crippen LogP contribution >= 0.6 is 0 Å². The quantitative estimate of drug-likeness (QED) is 0.721. The summed E-state index contributed by atoms with van der Waals surface area (Å²) in [5, 5.41) is 0. The molecule has 2 saturated carbocycles. The van der Waals surface area contributed by atoms with Crippen LogP contribution in [0.1, 0.15) is 39.0 Å². The van der Waals surface area contributed by atoms with Gasteiger partial charge in [-0.05, 0) is 50.9 Å². The van der Waals surface area contributed by atoms with Gasteiger partial charge in [-0.15, -0.1) is 0 Å². The van der Waals surface area contributed by atoms with Crippen molar-refractivity contribution in [3.05, 3.63) is 0 Å². The van der Waals surface area contributed by atoms with Crippen LogP contribution < -0.4 is 0 Å². The van der Waals surface area contributed by atoms with Crippen LogP contribution in [0.5, 0.6) is 0 Å². The normalized spacial score (nSPS) is 42.4. The Kier molecular flexibility index (Phi) is 3.57. The molecule has 0 bridgehead atoms. The van der Waals surface area contributed by atoms with E-state index in [1.54, 1.807) is 0 Å². The second kappa shape index (κ2) is 5.17. The third-order valence-electron chi connectivity index (χ3n) is 4.44. The lowest BCUT2D eigenvalue weighted by molar-refractivity contribution is -0.189. The Morgan fingerprint density at radius 1 is 1.28 bits per heavy atom. The minimum Gasteiger partial charge on any atom is -0.466 e. The molecular weight excluding hydrogens is 232 g/mol. The van der Waals surface area contributed by atoms with Gasteiger partial charge in [-0.2, -0.15) is 0 Å². The van der Waals surface area contributed by atoms with Crippen LogP contribution in [0.2, 0.25) is 0 Å². The second-order valence-electron chi connectivity index (χ2n) is 5.63. The van der Waals surface area contributed by atoms with Gasteiger partial charge in [0.2, 0.25) is 0 Å². The van der Waals surface area contributed by atoms with Crippen molar-refractivity contribution in [2.75, 3.05) is 13.2 Å². The number of fused-ring (bicyclic) bond motifs is 1. The Balaban J connectivity index is 1.42. The van der Waals surface area contributed by atoms with E-state index in [-0.39, 0.29) is 18.2 Å². The molecule has 0 radical (unpaired) electrons. The molecule has 3 fully saturated rings. The smallest absolute Gasteiger partial charge is 0.309 e. The molecule has 0 aromatic heterocycles. The highest BCUT2D eigenvalue weighted by Crippen LogP contribution is 2.58. The minimum atomic E-state index is -0.000124. The average Bonchev–Trinajstić information content (AvgIpc) is 2.88. The molecule has 2 aliphatic carbocycles. The summed E-state index contributed by atoms with van der Waals surface area (Å²) >= 11 is 0. The van der Waals surface area contributed by atoms with E-state index in [0.717, 1.165) is 32.3 Å². The van der Waals surface area contributed by atoms with E-state index in [4.69, 9.17) is 14.2 Å². The summed E-state index contributed by atoms with van der Waals surface area (Å²) < 4.78 is 16.6. The fraction of sp³-hybridized carbons (Fsp3) is 0.929. The van der Waals surface area contributed by atoms with Gasteiger partial charge in [0.15, 0.2) is 6.29 Å². The molecule has 0 amide bonds. The highest BCUT2D eigenvalue weighted by Gasteiger charge is 2.60. The topological polar surface area (TPSA) is 44.8 Å².